The normalized spacial score (nSPS) is 14.2. The van der Waals surface area contributed by atoms with Crippen LogP contribution in [-0.2, 0) is 17.8 Å². The van der Waals surface area contributed by atoms with E-state index in [0.29, 0.717) is 11.1 Å². The highest BCUT2D eigenvalue weighted by Gasteiger charge is 2.39. The van der Waals surface area contributed by atoms with E-state index in [1.807, 2.05) is 48.5 Å². The van der Waals surface area contributed by atoms with Gasteiger partial charge >= 0.3 is 12.4 Å². The second-order valence-electron chi connectivity index (χ2n) is 11.6. The van der Waals surface area contributed by atoms with Crippen molar-refractivity contribution >= 4 is 21.5 Å². The molecule has 1 aliphatic carbocycles. The van der Waals surface area contributed by atoms with Crippen molar-refractivity contribution in [3.05, 3.63) is 131 Å². The van der Waals surface area contributed by atoms with E-state index in [4.69, 9.17) is 0 Å². The zero-order chi connectivity index (χ0) is 30.3. The van der Waals surface area contributed by atoms with Gasteiger partial charge in [-0.15, -0.1) is 0 Å². The Bertz CT molecular complexity index is 1900. The minimum absolute atomic E-state index is 0.500. The first-order chi connectivity index (χ1) is 20.4. The van der Waals surface area contributed by atoms with Crippen LogP contribution in [0.2, 0.25) is 0 Å². The van der Waals surface area contributed by atoms with E-state index in [1.54, 1.807) is 0 Å². The van der Waals surface area contributed by atoms with Crippen LogP contribution in [0.1, 0.15) is 36.1 Å². The fraction of sp³-hybridized carbons (Fsp3) is 0.135. The molecule has 1 aliphatic rings. The largest absolute Gasteiger partial charge is 0.416 e. The molecule has 0 radical (unpaired) electrons. The SMILES string of the molecule is CC1(C)c2cc(-c3ccc(C(F)(F)F)cc3)c3ccccc3c2-c2c1cc(-c1ccc(C(F)(F)F)cc1)c1ccccc21. The van der Waals surface area contributed by atoms with Crippen molar-refractivity contribution in [1.82, 2.24) is 0 Å². The van der Waals surface area contributed by atoms with Crippen LogP contribution in [0.15, 0.2) is 109 Å². The molecule has 0 atom stereocenters. The minimum atomic E-state index is -4.42. The van der Waals surface area contributed by atoms with Gasteiger partial charge in [0.1, 0.15) is 0 Å². The van der Waals surface area contributed by atoms with Crippen LogP contribution in [0.25, 0.3) is 54.9 Å². The number of rotatable bonds is 2. The van der Waals surface area contributed by atoms with Gasteiger partial charge in [0.2, 0.25) is 0 Å². The van der Waals surface area contributed by atoms with Crippen LogP contribution < -0.4 is 0 Å². The molecule has 0 heterocycles. The van der Waals surface area contributed by atoms with Crippen molar-refractivity contribution in [3.63, 3.8) is 0 Å². The lowest BCUT2D eigenvalue weighted by Gasteiger charge is -2.24. The van der Waals surface area contributed by atoms with Crippen molar-refractivity contribution in [3.8, 4) is 33.4 Å². The number of hydrogen-bond acceptors (Lipinski definition) is 0. The molecule has 214 valence electrons. The molecule has 0 aliphatic heterocycles. The van der Waals surface area contributed by atoms with Crippen molar-refractivity contribution in [1.29, 1.82) is 0 Å². The molecule has 0 aromatic heterocycles. The van der Waals surface area contributed by atoms with E-state index in [9.17, 15) is 26.3 Å². The molecule has 0 nitrogen and oxygen atoms in total. The van der Waals surface area contributed by atoms with Crippen LogP contribution in [0.3, 0.4) is 0 Å². The van der Waals surface area contributed by atoms with E-state index in [2.05, 4.69) is 26.0 Å². The van der Waals surface area contributed by atoms with Gasteiger partial charge in [-0.3, -0.25) is 0 Å². The van der Waals surface area contributed by atoms with Crippen LogP contribution in [0.5, 0.6) is 0 Å². The summed E-state index contributed by atoms with van der Waals surface area (Å²) in [6.07, 6.45) is -8.85. The van der Waals surface area contributed by atoms with Gasteiger partial charge in [-0.1, -0.05) is 86.6 Å². The smallest absolute Gasteiger partial charge is 0.166 e. The van der Waals surface area contributed by atoms with Crippen LogP contribution >= 0.6 is 0 Å². The quantitative estimate of drug-likeness (QED) is 0.178. The molecule has 0 bridgehead atoms. The molecule has 6 aromatic rings. The summed E-state index contributed by atoms with van der Waals surface area (Å²) in [6, 6.07) is 30.6. The summed E-state index contributed by atoms with van der Waals surface area (Å²) in [6.45, 7) is 4.24. The lowest BCUT2D eigenvalue weighted by atomic mass is 9.79. The summed E-state index contributed by atoms with van der Waals surface area (Å²) in [5.74, 6) is 0. The average Bonchev–Trinajstić information content (AvgIpc) is 3.22. The lowest BCUT2D eigenvalue weighted by molar-refractivity contribution is -0.138. The lowest BCUT2D eigenvalue weighted by Crippen LogP contribution is -2.15. The minimum Gasteiger partial charge on any atom is -0.166 e. The van der Waals surface area contributed by atoms with E-state index in [1.165, 1.54) is 24.3 Å². The van der Waals surface area contributed by atoms with E-state index in [0.717, 1.165) is 79.2 Å². The molecule has 0 N–H and O–H groups in total. The number of benzene rings is 6. The van der Waals surface area contributed by atoms with Gasteiger partial charge in [0.25, 0.3) is 0 Å². The molecular formula is C37H24F6. The predicted octanol–water partition coefficient (Wildman–Crippen LogP) is 11.7. The maximum absolute atomic E-state index is 13.3. The highest BCUT2D eigenvalue weighted by atomic mass is 19.4. The van der Waals surface area contributed by atoms with Gasteiger partial charge in [-0.2, -0.15) is 26.3 Å². The summed E-state index contributed by atoms with van der Waals surface area (Å²) in [5, 5.41) is 3.85. The molecule has 0 spiro atoms. The molecule has 0 amide bonds. The second-order valence-corrected chi connectivity index (χ2v) is 11.6. The fourth-order valence-corrected chi connectivity index (χ4v) is 6.58. The molecule has 6 aromatic carbocycles. The molecule has 0 unspecified atom stereocenters. The van der Waals surface area contributed by atoms with E-state index < -0.39 is 28.9 Å². The Labute approximate surface area is 244 Å². The van der Waals surface area contributed by atoms with Crippen molar-refractivity contribution < 1.29 is 26.3 Å². The predicted molar refractivity (Wildman–Crippen MR) is 160 cm³/mol. The Morgan fingerprint density at radius 3 is 1.09 bits per heavy atom. The summed E-state index contributed by atoms with van der Waals surface area (Å²) >= 11 is 0. The topological polar surface area (TPSA) is 0 Å². The number of hydrogen-bond donors (Lipinski definition) is 0. The molecule has 0 saturated carbocycles. The van der Waals surface area contributed by atoms with Crippen LogP contribution in [0, 0.1) is 0 Å². The first-order valence-corrected chi connectivity index (χ1v) is 13.8. The third kappa shape index (κ3) is 4.22. The molecule has 0 saturated heterocycles. The number of alkyl halides is 6. The maximum Gasteiger partial charge on any atom is 0.416 e. The van der Waals surface area contributed by atoms with E-state index >= 15 is 0 Å². The van der Waals surface area contributed by atoms with Crippen molar-refractivity contribution in [2.45, 2.75) is 31.6 Å². The Morgan fingerprint density at radius 2 is 0.767 bits per heavy atom. The Balaban J connectivity index is 1.49. The van der Waals surface area contributed by atoms with Gasteiger partial charge in [0.15, 0.2) is 0 Å². The number of fused-ring (bicyclic) bond motifs is 7. The number of halogens is 6. The molecular weight excluding hydrogens is 558 g/mol. The summed E-state index contributed by atoms with van der Waals surface area (Å²) < 4.78 is 79.9. The molecule has 7 rings (SSSR count). The van der Waals surface area contributed by atoms with Gasteiger partial charge < -0.3 is 0 Å². The Morgan fingerprint density at radius 1 is 0.442 bits per heavy atom. The summed E-state index contributed by atoms with van der Waals surface area (Å²) in [4.78, 5) is 0. The standard InChI is InChI=1S/C37H24F6/c1-35(2)31-19-29(21-11-15-23(16-12-21)36(38,39)40)25-7-3-5-9-27(25)33(31)34-28-10-6-4-8-26(28)30(20-32(34)35)22-13-17-24(18-14-22)37(41,42)43/h3-20H,1-2H3. The summed E-state index contributed by atoms with van der Waals surface area (Å²) in [5.41, 5.74) is 5.41. The maximum atomic E-state index is 13.3. The third-order valence-electron chi connectivity index (χ3n) is 8.73. The van der Waals surface area contributed by atoms with Crippen molar-refractivity contribution in [2.24, 2.45) is 0 Å². The highest BCUT2D eigenvalue weighted by molar-refractivity contribution is 6.16. The highest BCUT2D eigenvalue weighted by Crippen LogP contribution is 2.56. The Kier molecular flexibility index (Phi) is 5.84. The first-order valence-electron chi connectivity index (χ1n) is 13.8. The Hall–Kier alpha value is -4.58. The van der Waals surface area contributed by atoms with Gasteiger partial charge in [-0.25, -0.2) is 0 Å². The average molecular weight is 583 g/mol. The van der Waals surface area contributed by atoms with Gasteiger partial charge in [0, 0.05) is 5.41 Å². The zero-order valence-corrected chi connectivity index (χ0v) is 23.2. The van der Waals surface area contributed by atoms with Gasteiger partial charge in [-0.05, 0) is 102 Å². The van der Waals surface area contributed by atoms with Crippen LogP contribution in [-0.4, -0.2) is 0 Å². The van der Waals surface area contributed by atoms with Crippen molar-refractivity contribution in [2.75, 3.05) is 0 Å². The first kappa shape index (κ1) is 27.3. The van der Waals surface area contributed by atoms with E-state index in [-0.39, 0.29) is 0 Å². The van der Waals surface area contributed by atoms with Gasteiger partial charge in [0.05, 0.1) is 11.1 Å². The molecule has 43 heavy (non-hydrogen) atoms. The van der Waals surface area contributed by atoms with Crippen LogP contribution in [0.4, 0.5) is 26.3 Å². The fourth-order valence-electron chi connectivity index (χ4n) is 6.58. The second kappa shape index (κ2) is 9.21. The summed E-state index contributed by atoms with van der Waals surface area (Å²) in [7, 11) is 0. The zero-order valence-electron chi connectivity index (χ0n) is 23.2. The third-order valence-corrected chi connectivity index (χ3v) is 8.73. The molecule has 0 fully saturated rings. The monoisotopic (exact) mass is 582 g/mol. The molecule has 6 heteroatoms.